The Labute approximate surface area is 104 Å². The molecule has 0 aromatic carbocycles. The van der Waals surface area contributed by atoms with Gasteiger partial charge in [0.25, 0.3) is 0 Å². The summed E-state index contributed by atoms with van der Waals surface area (Å²) in [5, 5.41) is 3.49. The fraction of sp³-hybridized carbons (Fsp3) is 0.929. The maximum atomic E-state index is 5.87. The minimum Gasteiger partial charge on any atom is -0.479 e. The number of ether oxygens (including phenoxy) is 1. The largest absolute Gasteiger partial charge is 0.479 e. The topological polar surface area (TPSA) is 33.6 Å². The Bertz CT molecular complexity index is 289. The van der Waals surface area contributed by atoms with Crippen LogP contribution in [-0.2, 0) is 4.74 Å². The highest BCUT2D eigenvalue weighted by molar-refractivity contribution is 5.84. The number of aliphatic imine (C=N–C) groups is 1. The van der Waals surface area contributed by atoms with Gasteiger partial charge in [-0.15, -0.1) is 0 Å². The van der Waals surface area contributed by atoms with Crippen LogP contribution in [0.2, 0.25) is 0 Å². The molecule has 2 aliphatic heterocycles. The molecule has 17 heavy (non-hydrogen) atoms. The third-order valence-electron chi connectivity index (χ3n) is 4.89. The molecule has 3 aliphatic rings. The molecule has 0 amide bonds. The minimum atomic E-state index is 0.294. The number of hydrogen-bond donors (Lipinski definition) is 1. The van der Waals surface area contributed by atoms with Crippen molar-refractivity contribution in [1.29, 1.82) is 0 Å². The van der Waals surface area contributed by atoms with E-state index in [1.54, 1.807) is 0 Å². The molecule has 0 unspecified atom stereocenters. The number of nitrogens with one attached hydrogen (secondary N) is 1. The summed E-state index contributed by atoms with van der Waals surface area (Å²) in [5.41, 5.74) is 0.294. The lowest BCUT2D eigenvalue weighted by Gasteiger charge is -2.44. The van der Waals surface area contributed by atoms with Gasteiger partial charge in [-0.3, -0.25) is 4.99 Å². The average Bonchev–Trinajstić information content (AvgIpc) is 2.95. The Morgan fingerprint density at radius 1 is 1.12 bits per heavy atom. The van der Waals surface area contributed by atoms with Gasteiger partial charge in [0.15, 0.2) is 5.90 Å². The van der Waals surface area contributed by atoms with Gasteiger partial charge in [-0.25, -0.2) is 0 Å². The van der Waals surface area contributed by atoms with Crippen molar-refractivity contribution in [3.8, 4) is 0 Å². The summed E-state index contributed by atoms with van der Waals surface area (Å²) in [5.74, 6) is 1.95. The zero-order chi connectivity index (χ0) is 11.6. The molecule has 1 aliphatic carbocycles. The molecular formula is C14H24N2O. The van der Waals surface area contributed by atoms with Gasteiger partial charge in [0.1, 0.15) is 6.61 Å². The SMILES string of the molecule is C1CCC(C2(C3=NCCO3)CCNCC2)CC1. The van der Waals surface area contributed by atoms with Crippen LogP contribution in [0, 0.1) is 11.3 Å². The number of piperidine rings is 1. The molecule has 1 saturated carbocycles. The number of rotatable bonds is 2. The van der Waals surface area contributed by atoms with Gasteiger partial charge >= 0.3 is 0 Å². The van der Waals surface area contributed by atoms with Crippen molar-refractivity contribution >= 4 is 5.90 Å². The quantitative estimate of drug-likeness (QED) is 0.798. The zero-order valence-electron chi connectivity index (χ0n) is 10.7. The minimum absolute atomic E-state index is 0.294. The van der Waals surface area contributed by atoms with E-state index in [2.05, 4.69) is 10.3 Å². The van der Waals surface area contributed by atoms with Gasteiger partial charge in [-0.1, -0.05) is 19.3 Å². The molecule has 2 fully saturated rings. The maximum Gasteiger partial charge on any atom is 0.190 e. The lowest BCUT2D eigenvalue weighted by molar-refractivity contribution is 0.117. The molecule has 1 N–H and O–H groups in total. The monoisotopic (exact) mass is 236 g/mol. The van der Waals surface area contributed by atoms with Crippen LogP contribution < -0.4 is 5.32 Å². The van der Waals surface area contributed by atoms with Crippen molar-refractivity contribution in [2.75, 3.05) is 26.2 Å². The lowest BCUT2D eigenvalue weighted by Crippen LogP contribution is -2.47. The summed E-state index contributed by atoms with van der Waals surface area (Å²) in [6.07, 6.45) is 9.50. The highest BCUT2D eigenvalue weighted by atomic mass is 16.5. The summed E-state index contributed by atoms with van der Waals surface area (Å²) >= 11 is 0. The Balaban J connectivity index is 1.83. The first-order chi connectivity index (χ1) is 8.42. The molecular weight excluding hydrogens is 212 g/mol. The van der Waals surface area contributed by atoms with Crippen LogP contribution in [0.25, 0.3) is 0 Å². The van der Waals surface area contributed by atoms with E-state index in [1.807, 2.05) is 0 Å². The predicted octanol–water partition coefficient (Wildman–Crippen LogP) is 2.37. The van der Waals surface area contributed by atoms with Gasteiger partial charge in [-0.05, 0) is 44.7 Å². The van der Waals surface area contributed by atoms with Crippen LogP contribution in [0.3, 0.4) is 0 Å². The fourth-order valence-electron chi connectivity index (χ4n) is 3.96. The Hall–Kier alpha value is -0.570. The molecule has 0 atom stereocenters. The fourth-order valence-corrected chi connectivity index (χ4v) is 3.96. The normalized spacial score (nSPS) is 29.8. The summed E-state index contributed by atoms with van der Waals surface area (Å²) in [7, 11) is 0. The highest BCUT2D eigenvalue weighted by Crippen LogP contribution is 2.46. The van der Waals surface area contributed by atoms with Crippen LogP contribution >= 0.6 is 0 Å². The molecule has 3 heteroatoms. The molecule has 0 radical (unpaired) electrons. The molecule has 0 bridgehead atoms. The van der Waals surface area contributed by atoms with E-state index in [4.69, 9.17) is 4.74 Å². The first-order valence-corrected chi connectivity index (χ1v) is 7.30. The van der Waals surface area contributed by atoms with E-state index in [9.17, 15) is 0 Å². The van der Waals surface area contributed by atoms with Crippen molar-refractivity contribution in [2.45, 2.75) is 44.9 Å². The van der Waals surface area contributed by atoms with Crippen LogP contribution in [0.5, 0.6) is 0 Å². The van der Waals surface area contributed by atoms with Gasteiger partial charge < -0.3 is 10.1 Å². The number of nitrogens with zero attached hydrogens (tertiary/aromatic N) is 1. The number of hydrogen-bond acceptors (Lipinski definition) is 3. The van der Waals surface area contributed by atoms with Gasteiger partial charge in [0.05, 0.1) is 12.0 Å². The first kappa shape index (κ1) is 11.5. The van der Waals surface area contributed by atoms with E-state index >= 15 is 0 Å². The standard InChI is InChI=1S/C14H24N2O/c1-2-4-12(5-3-1)14(6-8-15-9-7-14)13-16-10-11-17-13/h12,15H,1-11H2. The van der Waals surface area contributed by atoms with Crippen molar-refractivity contribution in [2.24, 2.45) is 16.3 Å². The Kier molecular flexibility index (Phi) is 3.37. The predicted molar refractivity (Wildman–Crippen MR) is 69.4 cm³/mol. The average molecular weight is 236 g/mol. The van der Waals surface area contributed by atoms with E-state index in [1.165, 1.54) is 44.9 Å². The Morgan fingerprint density at radius 3 is 2.53 bits per heavy atom. The van der Waals surface area contributed by atoms with Crippen LogP contribution in [0.1, 0.15) is 44.9 Å². The van der Waals surface area contributed by atoms with Crippen LogP contribution in [-0.4, -0.2) is 32.1 Å². The third-order valence-corrected chi connectivity index (χ3v) is 4.89. The van der Waals surface area contributed by atoms with Crippen molar-refractivity contribution in [1.82, 2.24) is 5.32 Å². The molecule has 3 rings (SSSR count). The second kappa shape index (κ2) is 4.97. The van der Waals surface area contributed by atoms with Crippen molar-refractivity contribution in [3.05, 3.63) is 0 Å². The smallest absolute Gasteiger partial charge is 0.190 e. The molecule has 0 aromatic rings. The molecule has 2 heterocycles. The summed E-state index contributed by atoms with van der Waals surface area (Å²) in [6, 6.07) is 0. The summed E-state index contributed by atoms with van der Waals surface area (Å²) in [6.45, 7) is 3.98. The Morgan fingerprint density at radius 2 is 1.88 bits per heavy atom. The van der Waals surface area contributed by atoms with E-state index in [0.29, 0.717) is 5.41 Å². The second-order valence-corrected chi connectivity index (χ2v) is 5.78. The molecule has 1 saturated heterocycles. The maximum absolute atomic E-state index is 5.87. The third kappa shape index (κ3) is 2.10. The van der Waals surface area contributed by atoms with E-state index in [-0.39, 0.29) is 0 Å². The van der Waals surface area contributed by atoms with E-state index in [0.717, 1.165) is 38.1 Å². The second-order valence-electron chi connectivity index (χ2n) is 5.78. The van der Waals surface area contributed by atoms with Crippen LogP contribution in [0.15, 0.2) is 4.99 Å². The van der Waals surface area contributed by atoms with Gasteiger partial charge in [0, 0.05) is 0 Å². The zero-order valence-corrected chi connectivity index (χ0v) is 10.7. The van der Waals surface area contributed by atoms with Gasteiger partial charge in [0.2, 0.25) is 0 Å². The summed E-state index contributed by atoms with van der Waals surface area (Å²) in [4.78, 5) is 4.67. The van der Waals surface area contributed by atoms with Crippen molar-refractivity contribution in [3.63, 3.8) is 0 Å². The lowest BCUT2D eigenvalue weighted by atomic mass is 9.64. The highest BCUT2D eigenvalue weighted by Gasteiger charge is 2.46. The van der Waals surface area contributed by atoms with Gasteiger partial charge in [-0.2, -0.15) is 0 Å². The summed E-state index contributed by atoms with van der Waals surface area (Å²) < 4.78 is 5.87. The van der Waals surface area contributed by atoms with Crippen molar-refractivity contribution < 1.29 is 4.74 Å². The molecule has 0 spiro atoms. The van der Waals surface area contributed by atoms with Crippen LogP contribution in [0.4, 0.5) is 0 Å². The molecule has 3 nitrogen and oxygen atoms in total. The molecule has 96 valence electrons. The molecule has 0 aromatic heterocycles. The van der Waals surface area contributed by atoms with E-state index < -0.39 is 0 Å². The first-order valence-electron chi connectivity index (χ1n) is 7.30.